The van der Waals surface area contributed by atoms with Gasteiger partial charge in [0, 0.05) is 73.8 Å². The summed E-state index contributed by atoms with van der Waals surface area (Å²) in [4.78, 5) is 50.2. The van der Waals surface area contributed by atoms with Crippen LogP contribution in [0.5, 0.6) is 5.75 Å². The topological polar surface area (TPSA) is 180 Å². The molecule has 0 spiro atoms. The van der Waals surface area contributed by atoms with Gasteiger partial charge in [-0.3, -0.25) is 19.2 Å². The number of aliphatic hydroxyl groups is 2. The van der Waals surface area contributed by atoms with Gasteiger partial charge < -0.3 is 41.5 Å². The molecule has 8 aromatic carbocycles. The van der Waals surface area contributed by atoms with Gasteiger partial charge in [0.05, 0.1) is 13.2 Å². The molecule has 0 atom stereocenters. The first-order chi connectivity index (χ1) is 43.4. The number of hydrogen-bond donors (Lipinski definition) is 7. The van der Waals surface area contributed by atoms with Crippen molar-refractivity contribution < 1.29 is 34.5 Å². The maximum absolute atomic E-state index is 12.1. The van der Waals surface area contributed by atoms with Crippen LogP contribution in [-0.2, 0) is 79.7 Å². The summed E-state index contributed by atoms with van der Waals surface area (Å²) in [6, 6.07) is 62.9. The van der Waals surface area contributed by atoms with E-state index in [1.807, 2.05) is 79.7 Å². The number of nitrogens with zero attached hydrogens (tertiary/aromatic N) is 1. The largest absolute Gasteiger partial charge is 0.508 e. The minimum atomic E-state index is -0.0787. The number of benzene rings is 8. The van der Waals surface area contributed by atoms with Crippen LogP contribution in [0.3, 0.4) is 0 Å². The van der Waals surface area contributed by atoms with E-state index in [0.29, 0.717) is 49.9 Å². The number of carbonyl (C=O) groups is 4. The average molecular weight is 1240 g/mol. The fourth-order valence-corrected chi connectivity index (χ4v) is 9.52. The molecule has 488 valence electrons. The van der Waals surface area contributed by atoms with Crippen molar-refractivity contribution in [3.63, 3.8) is 0 Å². The molecule has 0 aliphatic heterocycles. The molecular formula is C80H101N5O7. The van der Waals surface area contributed by atoms with Crippen molar-refractivity contribution in [2.75, 3.05) is 40.3 Å². The van der Waals surface area contributed by atoms with E-state index in [1.54, 1.807) is 36.4 Å². The minimum Gasteiger partial charge on any atom is -0.508 e. The molecule has 92 heavy (non-hydrogen) atoms. The van der Waals surface area contributed by atoms with Crippen molar-refractivity contribution in [1.29, 1.82) is 0 Å². The van der Waals surface area contributed by atoms with Gasteiger partial charge in [-0.2, -0.15) is 0 Å². The SMILES string of the molecule is CC(C)(C)c1ccc(CCC(=O)Nc2ccc(O)cc2)cc1.CC(C)(C)c1ccc(CCC(=O)Nc2cccc(CO)c2)cc1.CC(C)(C)c1ccc(CCC(=O)Nc2ccccc2CO)cc1.CN(C)c1ccc(NC(=O)CCc2ccc(C(C)(C)C)cc2)cc1. The summed E-state index contributed by atoms with van der Waals surface area (Å²) in [7, 11) is 4.00. The summed E-state index contributed by atoms with van der Waals surface area (Å²) >= 11 is 0. The molecule has 0 saturated heterocycles. The Morgan fingerprint density at radius 3 is 1.00 bits per heavy atom. The Hall–Kier alpha value is -8.84. The second kappa shape index (κ2) is 35.1. The van der Waals surface area contributed by atoms with Gasteiger partial charge in [-0.25, -0.2) is 0 Å². The quantitative estimate of drug-likeness (QED) is 0.0391. The highest BCUT2D eigenvalue weighted by Crippen LogP contribution is 2.27. The molecule has 12 nitrogen and oxygen atoms in total. The van der Waals surface area contributed by atoms with Crippen molar-refractivity contribution in [3.05, 3.63) is 250 Å². The van der Waals surface area contributed by atoms with E-state index >= 15 is 0 Å². The molecule has 7 N–H and O–H groups in total. The molecule has 0 bridgehead atoms. The van der Waals surface area contributed by atoms with E-state index in [-0.39, 0.29) is 64.3 Å². The number of amides is 4. The van der Waals surface area contributed by atoms with Gasteiger partial charge in [0.2, 0.25) is 23.6 Å². The van der Waals surface area contributed by atoms with Gasteiger partial charge in [0.15, 0.2) is 0 Å². The third kappa shape index (κ3) is 26.5. The summed E-state index contributed by atoms with van der Waals surface area (Å²) in [5, 5.41) is 39.1. The Morgan fingerprint density at radius 1 is 0.348 bits per heavy atom. The normalized spacial score (nSPS) is 11.3. The van der Waals surface area contributed by atoms with E-state index in [1.165, 1.54) is 27.8 Å². The Labute approximate surface area is 549 Å². The van der Waals surface area contributed by atoms with E-state index in [2.05, 4.69) is 201 Å². The van der Waals surface area contributed by atoms with Crippen molar-refractivity contribution in [3.8, 4) is 5.75 Å². The van der Waals surface area contributed by atoms with Gasteiger partial charge >= 0.3 is 0 Å². The van der Waals surface area contributed by atoms with Crippen LogP contribution in [0, 0.1) is 0 Å². The molecule has 8 aromatic rings. The molecule has 0 aromatic heterocycles. The van der Waals surface area contributed by atoms with Crippen LogP contribution in [0.2, 0.25) is 0 Å². The Morgan fingerprint density at radius 2 is 0.674 bits per heavy atom. The van der Waals surface area contributed by atoms with Gasteiger partial charge in [0.25, 0.3) is 0 Å². The lowest BCUT2D eigenvalue weighted by atomic mass is 9.86. The van der Waals surface area contributed by atoms with Gasteiger partial charge in [0.1, 0.15) is 5.75 Å². The number of phenolic OH excluding ortho intramolecular Hbond substituents is 1. The maximum Gasteiger partial charge on any atom is 0.224 e. The standard InChI is InChI=1S/C21H28N2O.2C20H25NO2.C19H23NO2/c1-21(2,3)17-9-6-16(7-10-17)8-15-20(24)22-18-11-13-19(14-12-18)23(4)5;1-20(2,3)17-10-7-15(8-11-17)9-12-19(23)21-18-6-4-5-16(13-18)14-22;1-20(2,3)17-11-8-15(9-12-17)10-13-19(23)21-18-7-5-4-6-16(18)14-22;1-19(2,3)15-7-4-14(5-8-15)6-13-18(22)20-16-9-11-17(21)12-10-16/h6-7,9-14H,8,15H2,1-5H3,(H,22,24);4-8,10-11,13,22H,9,12,14H2,1-3H3,(H,21,23);4-9,11-12,22H,10,13-14H2,1-3H3,(H,21,23);4-5,7-12,21H,6,13H2,1-3H3,(H,20,22). The lowest BCUT2D eigenvalue weighted by Crippen LogP contribution is -2.14. The van der Waals surface area contributed by atoms with Crippen molar-refractivity contribution in [2.24, 2.45) is 0 Å². The minimum absolute atomic E-state index is 0.0139. The fraction of sp³-hybridized carbons (Fsp3) is 0.350. The summed E-state index contributed by atoms with van der Waals surface area (Å²) < 4.78 is 0. The number of carbonyl (C=O) groups excluding carboxylic acids is 4. The highest BCUT2D eigenvalue weighted by molar-refractivity contribution is 5.93. The van der Waals surface area contributed by atoms with E-state index in [9.17, 15) is 29.4 Å². The first-order valence-electron chi connectivity index (χ1n) is 31.9. The monoisotopic (exact) mass is 1240 g/mol. The first-order valence-corrected chi connectivity index (χ1v) is 31.9. The Balaban J connectivity index is 0.000000223. The van der Waals surface area contributed by atoms with Gasteiger partial charge in [-0.05, 0) is 164 Å². The van der Waals surface area contributed by atoms with Crippen LogP contribution in [0.1, 0.15) is 164 Å². The highest BCUT2D eigenvalue weighted by atomic mass is 16.3. The van der Waals surface area contributed by atoms with Gasteiger partial charge in [-0.1, -0.05) is 210 Å². The van der Waals surface area contributed by atoms with Crippen molar-refractivity contribution >= 4 is 52.1 Å². The molecule has 0 saturated carbocycles. The number of aromatic hydroxyl groups is 1. The number of hydrogen-bond acceptors (Lipinski definition) is 8. The van der Waals surface area contributed by atoms with Crippen LogP contribution in [0.15, 0.2) is 194 Å². The zero-order valence-corrected chi connectivity index (χ0v) is 57.0. The summed E-state index contributed by atoms with van der Waals surface area (Å²) in [5.41, 5.74) is 16.1. The third-order valence-corrected chi connectivity index (χ3v) is 15.5. The number of nitrogens with one attached hydrogen (secondary N) is 4. The molecule has 0 aliphatic rings. The van der Waals surface area contributed by atoms with Crippen LogP contribution in [-0.4, -0.2) is 53.0 Å². The lowest BCUT2D eigenvalue weighted by molar-refractivity contribution is -0.117. The van der Waals surface area contributed by atoms with E-state index < -0.39 is 0 Å². The molecule has 0 radical (unpaired) electrons. The first kappa shape index (κ1) is 73.9. The van der Waals surface area contributed by atoms with Crippen LogP contribution < -0.4 is 26.2 Å². The molecule has 0 fully saturated rings. The fourth-order valence-electron chi connectivity index (χ4n) is 9.52. The van der Waals surface area contributed by atoms with Crippen molar-refractivity contribution in [2.45, 2.75) is 169 Å². The zero-order chi connectivity index (χ0) is 67.7. The lowest BCUT2D eigenvalue weighted by Gasteiger charge is -2.19. The van der Waals surface area contributed by atoms with Crippen LogP contribution in [0.25, 0.3) is 0 Å². The third-order valence-electron chi connectivity index (χ3n) is 15.5. The number of para-hydroxylation sites is 1. The number of anilines is 5. The maximum atomic E-state index is 12.1. The zero-order valence-electron chi connectivity index (χ0n) is 57.0. The summed E-state index contributed by atoms with van der Waals surface area (Å²) in [5.74, 6) is 0.167. The second-order valence-corrected chi connectivity index (χ2v) is 27.6. The van der Waals surface area contributed by atoms with E-state index in [4.69, 9.17) is 5.11 Å². The number of aryl methyl sites for hydroxylation is 4. The van der Waals surface area contributed by atoms with Crippen LogP contribution >= 0.6 is 0 Å². The predicted molar refractivity (Wildman–Crippen MR) is 382 cm³/mol. The van der Waals surface area contributed by atoms with Crippen LogP contribution in [0.4, 0.5) is 28.4 Å². The van der Waals surface area contributed by atoms with E-state index in [0.717, 1.165) is 57.7 Å². The molecule has 0 heterocycles. The predicted octanol–water partition coefficient (Wildman–Crippen LogP) is 17.0. The number of aliphatic hydroxyl groups excluding tert-OH is 2. The highest BCUT2D eigenvalue weighted by Gasteiger charge is 2.17. The Bertz CT molecular complexity index is 3550. The Kier molecular flexibility index (Phi) is 28.2. The molecular weight excluding hydrogens is 1140 g/mol. The molecule has 12 heteroatoms. The molecule has 0 aliphatic carbocycles. The smallest absolute Gasteiger partial charge is 0.224 e. The second-order valence-electron chi connectivity index (χ2n) is 27.6. The summed E-state index contributed by atoms with van der Waals surface area (Å²) in [6.45, 7) is 26.2. The summed E-state index contributed by atoms with van der Waals surface area (Å²) in [6.07, 6.45) is 4.70. The average Bonchev–Trinajstić information content (AvgIpc) is 1.63. The molecule has 0 unspecified atom stereocenters. The number of phenols is 1. The number of rotatable bonds is 19. The van der Waals surface area contributed by atoms with Crippen molar-refractivity contribution in [1.82, 2.24) is 0 Å². The molecule has 8 rings (SSSR count). The molecule has 4 amide bonds. The van der Waals surface area contributed by atoms with Gasteiger partial charge in [-0.15, -0.1) is 0 Å².